The molecule has 5 nitrogen and oxygen atoms in total. The van der Waals surface area contributed by atoms with Crippen LogP contribution in [0.25, 0.3) is 17.0 Å². The fraction of sp³-hybridized carbons (Fsp3) is 0.0741. The average molecular weight is 520 g/mol. The van der Waals surface area contributed by atoms with Gasteiger partial charge in [-0.05, 0) is 60.6 Å². The molecule has 0 bridgehead atoms. The molecule has 8 heteroatoms. The van der Waals surface area contributed by atoms with Crippen LogP contribution in [0.4, 0.5) is 5.69 Å². The van der Waals surface area contributed by atoms with Gasteiger partial charge in [0.1, 0.15) is 5.57 Å². The van der Waals surface area contributed by atoms with Crippen LogP contribution in [-0.4, -0.2) is 21.5 Å². The molecule has 2 amide bonds. The van der Waals surface area contributed by atoms with E-state index in [1.165, 1.54) is 4.90 Å². The topological polar surface area (TPSA) is 54.3 Å². The number of fused-ring (bicyclic) bond motifs is 1. The van der Waals surface area contributed by atoms with E-state index in [0.717, 1.165) is 27.6 Å². The first-order chi connectivity index (χ1) is 16.8. The van der Waals surface area contributed by atoms with Crippen molar-refractivity contribution in [3.05, 3.63) is 105 Å². The largest absolute Gasteiger partial charge is 0.342 e. The molecule has 1 aliphatic rings. The van der Waals surface area contributed by atoms with Gasteiger partial charge in [0.05, 0.1) is 5.69 Å². The van der Waals surface area contributed by atoms with Crippen molar-refractivity contribution in [3.8, 4) is 0 Å². The molecule has 35 heavy (non-hydrogen) atoms. The fourth-order valence-corrected chi connectivity index (χ4v) is 4.75. The molecule has 0 atom stereocenters. The third kappa shape index (κ3) is 4.36. The maximum absolute atomic E-state index is 13.5. The molecule has 0 spiro atoms. The summed E-state index contributed by atoms with van der Waals surface area (Å²) in [6.45, 7) is 2.41. The fourth-order valence-electron chi connectivity index (χ4n) is 4.10. The van der Waals surface area contributed by atoms with E-state index in [9.17, 15) is 9.59 Å². The van der Waals surface area contributed by atoms with Gasteiger partial charge in [0.2, 0.25) is 0 Å². The summed E-state index contributed by atoms with van der Waals surface area (Å²) in [7, 11) is 0. The first-order valence-electron chi connectivity index (χ1n) is 10.8. The van der Waals surface area contributed by atoms with E-state index in [1.54, 1.807) is 24.3 Å². The molecule has 2 heterocycles. The Morgan fingerprint density at radius 3 is 2.49 bits per heavy atom. The molecule has 3 aromatic carbocycles. The highest BCUT2D eigenvalue weighted by Crippen LogP contribution is 2.29. The molecule has 174 valence electrons. The molecule has 4 aromatic rings. The van der Waals surface area contributed by atoms with Gasteiger partial charge in [-0.15, -0.1) is 0 Å². The number of benzene rings is 3. The Labute approximate surface area is 217 Å². The van der Waals surface area contributed by atoms with Crippen molar-refractivity contribution in [2.75, 3.05) is 4.90 Å². The Hall–Kier alpha value is -3.45. The van der Waals surface area contributed by atoms with Crippen molar-refractivity contribution in [3.63, 3.8) is 0 Å². The quantitative estimate of drug-likeness (QED) is 0.200. The monoisotopic (exact) mass is 519 g/mol. The lowest BCUT2D eigenvalue weighted by molar-refractivity contribution is -0.122. The van der Waals surface area contributed by atoms with Crippen molar-refractivity contribution in [2.45, 2.75) is 13.5 Å². The Balaban J connectivity index is 1.58. The second-order valence-electron chi connectivity index (χ2n) is 8.21. The third-order valence-electron chi connectivity index (χ3n) is 5.93. The van der Waals surface area contributed by atoms with E-state index in [-0.39, 0.29) is 10.7 Å². The van der Waals surface area contributed by atoms with Crippen molar-refractivity contribution in [1.29, 1.82) is 0 Å². The lowest BCUT2D eigenvalue weighted by Crippen LogP contribution is -2.54. The van der Waals surface area contributed by atoms with Crippen LogP contribution in [0.15, 0.2) is 78.5 Å². The van der Waals surface area contributed by atoms with E-state index < -0.39 is 11.8 Å². The number of thiocarbonyl (C=S) groups is 1. The molecular weight excluding hydrogens is 501 g/mol. The summed E-state index contributed by atoms with van der Waals surface area (Å²) >= 11 is 18.0. The molecule has 0 saturated carbocycles. The van der Waals surface area contributed by atoms with Crippen LogP contribution in [0.5, 0.6) is 0 Å². The van der Waals surface area contributed by atoms with Gasteiger partial charge in [-0.2, -0.15) is 0 Å². The summed E-state index contributed by atoms with van der Waals surface area (Å²) in [5.41, 5.74) is 4.00. The van der Waals surface area contributed by atoms with Crippen LogP contribution in [-0.2, 0) is 16.1 Å². The summed E-state index contributed by atoms with van der Waals surface area (Å²) in [4.78, 5) is 27.6. The minimum atomic E-state index is -0.544. The molecule has 1 saturated heterocycles. The van der Waals surface area contributed by atoms with Crippen molar-refractivity contribution < 1.29 is 9.59 Å². The highest BCUT2D eigenvalue weighted by atomic mass is 35.5. The van der Waals surface area contributed by atoms with Crippen LogP contribution < -0.4 is 10.2 Å². The van der Waals surface area contributed by atoms with Crippen molar-refractivity contribution >= 4 is 75.0 Å². The SMILES string of the molecule is Cc1ccc(N2C(=O)/C(=C/c3cn(Cc4ccccc4Cl)c4ccccc34)C(=O)NC2=S)cc1Cl. The van der Waals surface area contributed by atoms with Gasteiger partial charge in [0, 0.05) is 39.3 Å². The molecule has 1 fully saturated rings. The van der Waals surface area contributed by atoms with Crippen LogP contribution in [0, 0.1) is 6.92 Å². The molecule has 0 radical (unpaired) electrons. The molecule has 0 aliphatic carbocycles. The second kappa shape index (κ2) is 9.30. The van der Waals surface area contributed by atoms with Crippen molar-refractivity contribution in [1.82, 2.24) is 9.88 Å². The Morgan fingerprint density at radius 2 is 1.71 bits per heavy atom. The maximum Gasteiger partial charge on any atom is 0.270 e. The number of nitrogens with one attached hydrogen (secondary N) is 1. The number of hydrogen-bond donors (Lipinski definition) is 1. The van der Waals surface area contributed by atoms with Gasteiger partial charge >= 0.3 is 0 Å². The Morgan fingerprint density at radius 1 is 0.971 bits per heavy atom. The smallest absolute Gasteiger partial charge is 0.270 e. The van der Waals surface area contributed by atoms with Crippen molar-refractivity contribution in [2.24, 2.45) is 0 Å². The first kappa shape index (κ1) is 23.3. The molecule has 0 unspecified atom stereocenters. The Bertz CT molecular complexity index is 1560. The highest BCUT2D eigenvalue weighted by molar-refractivity contribution is 7.80. The number of para-hydroxylation sites is 1. The van der Waals surface area contributed by atoms with E-state index in [0.29, 0.717) is 22.3 Å². The number of nitrogens with zero attached hydrogens (tertiary/aromatic N) is 2. The Kier molecular flexibility index (Phi) is 6.19. The van der Waals surface area contributed by atoms with E-state index in [4.69, 9.17) is 35.4 Å². The number of carbonyl (C=O) groups excluding carboxylic acids is 2. The predicted octanol–water partition coefficient (Wildman–Crippen LogP) is 6.14. The molecule has 1 N–H and O–H groups in total. The molecule has 1 aromatic heterocycles. The number of halogens is 2. The summed E-state index contributed by atoms with van der Waals surface area (Å²) in [5, 5.41) is 4.72. The zero-order chi connectivity index (χ0) is 24.7. The zero-order valence-corrected chi connectivity index (χ0v) is 20.9. The average Bonchev–Trinajstić information content (AvgIpc) is 3.17. The number of anilines is 1. The maximum atomic E-state index is 13.5. The van der Waals surface area contributed by atoms with E-state index >= 15 is 0 Å². The number of carbonyl (C=O) groups is 2. The zero-order valence-electron chi connectivity index (χ0n) is 18.6. The number of aryl methyl sites for hydroxylation is 1. The standard InChI is InChI=1S/C27H19Cl2N3O2S/c1-16-10-11-19(13-23(16)29)32-26(34)21(25(33)30-27(32)35)12-18-15-31(24-9-5-3-7-20(18)24)14-17-6-2-4-8-22(17)28/h2-13,15H,14H2,1H3,(H,30,33,35)/b21-12+. The summed E-state index contributed by atoms with van der Waals surface area (Å²) in [5.74, 6) is -1.06. The predicted molar refractivity (Wildman–Crippen MR) is 145 cm³/mol. The minimum Gasteiger partial charge on any atom is -0.342 e. The highest BCUT2D eigenvalue weighted by Gasteiger charge is 2.35. The number of rotatable bonds is 4. The van der Waals surface area contributed by atoms with Gasteiger partial charge < -0.3 is 4.57 Å². The van der Waals surface area contributed by atoms with Gasteiger partial charge in [-0.3, -0.25) is 19.8 Å². The molecule has 5 rings (SSSR count). The summed E-state index contributed by atoms with van der Waals surface area (Å²) in [6, 6.07) is 20.7. The van der Waals surface area contributed by atoms with E-state index in [1.807, 2.05) is 61.7 Å². The van der Waals surface area contributed by atoms with Gasteiger partial charge in [0.25, 0.3) is 11.8 Å². The number of amides is 2. The van der Waals surface area contributed by atoms with Crippen LogP contribution in [0.3, 0.4) is 0 Å². The summed E-state index contributed by atoms with van der Waals surface area (Å²) in [6.07, 6.45) is 3.52. The minimum absolute atomic E-state index is 0.0122. The number of aromatic nitrogens is 1. The van der Waals surface area contributed by atoms with Gasteiger partial charge in [0.15, 0.2) is 5.11 Å². The summed E-state index contributed by atoms with van der Waals surface area (Å²) < 4.78 is 2.05. The third-order valence-corrected chi connectivity index (χ3v) is 6.99. The van der Waals surface area contributed by atoms with E-state index in [2.05, 4.69) is 9.88 Å². The van der Waals surface area contributed by atoms with Crippen LogP contribution in [0.2, 0.25) is 10.0 Å². The first-order valence-corrected chi connectivity index (χ1v) is 12.0. The van der Waals surface area contributed by atoms with Crippen LogP contribution >= 0.6 is 35.4 Å². The number of hydrogen-bond acceptors (Lipinski definition) is 3. The molecule has 1 aliphatic heterocycles. The molecular formula is C27H19Cl2N3O2S. The van der Waals surface area contributed by atoms with Gasteiger partial charge in [-0.25, -0.2) is 0 Å². The second-order valence-corrected chi connectivity index (χ2v) is 9.41. The van der Waals surface area contributed by atoms with Crippen LogP contribution in [0.1, 0.15) is 16.7 Å². The normalized spacial score (nSPS) is 15.2. The van der Waals surface area contributed by atoms with Gasteiger partial charge in [-0.1, -0.05) is 65.7 Å². The lowest BCUT2D eigenvalue weighted by Gasteiger charge is -2.29. The lowest BCUT2D eigenvalue weighted by atomic mass is 10.1.